The number of para-hydroxylation sites is 1. The first-order chi connectivity index (χ1) is 16.9. The first-order valence-electron chi connectivity index (χ1n) is 12.1. The molecule has 1 saturated heterocycles. The van der Waals surface area contributed by atoms with Crippen molar-refractivity contribution in [3.8, 4) is 0 Å². The van der Waals surface area contributed by atoms with Gasteiger partial charge in [-0.1, -0.05) is 43.0 Å². The van der Waals surface area contributed by atoms with E-state index in [2.05, 4.69) is 28.1 Å². The summed E-state index contributed by atoms with van der Waals surface area (Å²) in [6.07, 6.45) is 0.831. The number of aromatic nitrogens is 2. The molecule has 0 bridgehead atoms. The van der Waals surface area contributed by atoms with E-state index in [4.69, 9.17) is 9.97 Å². The van der Waals surface area contributed by atoms with Crippen LogP contribution in [-0.4, -0.2) is 48.1 Å². The molecule has 2 aromatic carbocycles. The Kier molecular flexibility index (Phi) is 8.23. The van der Waals surface area contributed by atoms with Gasteiger partial charge in [-0.3, -0.25) is 4.79 Å². The molecule has 1 aliphatic heterocycles. The van der Waals surface area contributed by atoms with Crippen LogP contribution in [0.5, 0.6) is 0 Å². The summed E-state index contributed by atoms with van der Waals surface area (Å²) in [6.45, 7) is 9.03. The SMILES string of the molecule is CCc1cc(N2CCN(c3ccccc3F)CC2)nc(SCc2ccc(C(=O)NC(C)C)cc2)n1. The van der Waals surface area contributed by atoms with Crippen molar-refractivity contribution in [3.63, 3.8) is 0 Å². The van der Waals surface area contributed by atoms with Crippen LogP contribution in [0.2, 0.25) is 0 Å². The van der Waals surface area contributed by atoms with Crippen molar-refractivity contribution < 1.29 is 9.18 Å². The van der Waals surface area contributed by atoms with Gasteiger partial charge in [0, 0.05) is 55.3 Å². The van der Waals surface area contributed by atoms with Crippen molar-refractivity contribution in [2.45, 2.75) is 44.1 Å². The predicted molar refractivity (Wildman–Crippen MR) is 141 cm³/mol. The third-order valence-corrected chi connectivity index (χ3v) is 6.83. The van der Waals surface area contributed by atoms with Crippen LogP contribution in [0, 0.1) is 5.82 Å². The Morgan fingerprint density at radius 3 is 2.37 bits per heavy atom. The highest BCUT2D eigenvalue weighted by atomic mass is 32.2. The molecule has 8 heteroatoms. The molecule has 0 aliphatic carbocycles. The summed E-state index contributed by atoms with van der Waals surface area (Å²) >= 11 is 1.60. The van der Waals surface area contributed by atoms with Gasteiger partial charge in [0.05, 0.1) is 5.69 Å². The van der Waals surface area contributed by atoms with Gasteiger partial charge in [-0.25, -0.2) is 14.4 Å². The van der Waals surface area contributed by atoms with Crippen LogP contribution in [-0.2, 0) is 12.2 Å². The number of aryl methyl sites for hydroxylation is 1. The normalized spacial score (nSPS) is 13.9. The highest BCUT2D eigenvalue weighted by Crippen LogP contribution is 2.26. The maximum absolute atomic E-state index is 14.2. The lowest BCUT2D eigenvalue weighted by atomic mass is 10.1. The molecule has 1 N–H and O–H groups in total. The topological polar surface area (TPSA) is 61.4 Å². The third-order valence-electron chi connectivity index (χ3n) is 5.91. The van der Waals surface area contributed by atoms with E-state index in [0.29, 0.717) is 11.3 Å². The minimum absolute atomic E-state index is 0.0575. The Morgan fingerprint density at radius 2 is 1.71 bits per heavy atom. The van der Waals surface area contributed by atoms with E-state index in [9.17, 15) is 9.18 Å². The fourth-order valence-electron chi connectivity index (χ4n) is 4.00. The number of thioether (sulfide) groups is 1. The lowest BCUT2D eigenvalue weighted by Crippen LogP contribution is -2.47. The van der Waals surface area contributed by atoms with Gasteiger partial charge in [-0.05, 0) is 50.1 Å². The molecule has 2 heterocycles. The standard InChI is InChI=1S/C27H32FN5OS/c1-4-22-17-25(33-15-13-32(14-16-33)24-8-6-5-7-23(24)28)31-27(30-22)35-18-20-9-11-21(12-10-20)26(34)29-19(2)3/h5-12,17,19H,4,13-16,18H2,1-3H3,(H,29,34). The summed E-state index contributed by atoms with van der Waals surface area (Å²) < 4.78 is 14.2. The molecule has 4 rings (SSSR count). The Labute approximate surface area is 211 Å². The Hall–Kier alpha value is -3.13. The van der Waals surface area contributed by atoms with Gasteiger partial charge in [0.15, 0.2) is 5.16 Å². The van der Waals surface area contributed by atoms with Gasteiger partial charge in [-0.15, -0.1) is 0 Å². The summed E-state index contributed by atoms with van der Waals surface area (Å²) in [7, 11) is 0. The molecular formula is C27H32FN5OS. The zero-order valence-corrected chi connectivity index (χ0v) is 21.3. The van der Waals surface area contributed by atoms with E-state index in [1.54, 1.807) is 17.8 Å². The molecule has 1 aromatic heterocycles. The maximum Gasteiger partial charge on any atom is 0.251 e. The minimum Gasteiger partial charge on any atom is -0.366 e. The van der Waals surface area contributed by atoms with Gasteiger partial charge in [0.1, 0.15) is 11.6 Å². The van der Waals surface area contributed by atoms with E-state index in [-0.39, 0.29) is 17.8 Å². The average molecular weight is 494 g/mol. The largest absolute Gasteiger partial charge is 0.366 e. The van der Waals surface area contributed by atoms with Crippen LogP contribution in [0.1, 0.15) is 42.4 Å². The summed E-state index contributed by atoms with van der Waals surface area (Å²) in [5, 5.41) is 3.66. The molecule has 0 unspecified atom stereocenters. The van der Waals surface area contributed by atoms with Crippen molar-refractivity contribution in [1.29, 1.82) is 0 Å². The number of benzene rings is 2. The smallest absolute Gasteiger partial charge is 0.251 e. The number of nitrogens with one attached hydrogen (secondary N) is 1. The predicted octanol–water partition coefficient (Wildman–Crippen LogP) is 4.94. The highest BCUT2D eigenvalue weighted by molar-refractivity contribution is 7.98. The van der Waals surface area contributed by atoms with E-state index < -0.39 is 0 Å². The number of hydrogen-bond acceptors (Lipinski definition) is 6. The number of nitrogens with zero attached hydrogens (tertiary/aromatic N) is 4. The Bertz CT molecular complexity index is 1150. The lowest BCUT2D eigenvalue weighted by molar-refractivity contribution is 0.0943. The molecule has 3 aromatic rings. The quantitative estimate of drug-likeness (QED) is 0.355. The van der Waals surface area contributed by atoms with Crippen LogP contribution in [0.15, 0.2) is 59.8 Å². The zero-order valence-electron chi connectivity index (χ0n) is 20.5. The fraction of sp³-hybridized carbons (Fsp3) is 0.370. The Balaban J connectivity index is 1.39. The maximum atomic E-state index is 14.2. The van der Waals surface area contributed by atoms with Crippen molar-refractivity contribution >= 4 is 29.2 Å². The second-order valence-electron chi connectivity index (χ2n) is 8.89. The van der Waals surface area contributed by atoms with Crippen LogP contribution in [0.3, 0.4) is 0 Å². The van der Waals surface area contributed by atoms with Crippen LogP contribution < -0.4 is 15.1 Å². The molecule has 0 spiro atoms. The molecule has 0 saturated carbocycles. The highest BCUT2D eigenvalue weighted by Gasteiger charge is 2.21. The number of amides is 1. The average Bonchev–Trinajstić information content (AvgIpc) is 2.87. The minimum atomic E-state index is -0.177. The van der Waals surface area contributed by atoms with Crippen molar-refractivity contribution in [2.75, 3.05) is 36.0 Å². The zero-order chi connectivity index (χ0) is 24.8. The van der Waals surface area contributed by atoms with Crippen molar-refractivity contribution in [3.05, 3.63) is 77.2 Å². The summed E-state index contributed by atoms with van der Waals surface area (Å²) in [6, 6.07) is 16.8. The van der Waals surface area contributed by atoms with Crippen LogP contribution in [0.4, 0.5) is 15.9 Å². The number of carbonyl (C=O) groups is 1. The fourth-order valence-corrected chi connectivity index (χ4v) is 4.83. The number of halogens is 1. The first kappa shape index (κ1) is 25.0. The van der Waals surface area contributed by atoms with Crippen molar-refractivity contribution in [2.24, 2.45) is 0 Å². The molecule has 35 heavy (non-hydrogen) atoms. The monoisotopic (exact) mass is 493 g/mol. The van der Waals surface area contributed by atoms with E-state index in [0.717, 1.165) is 60.6 Å². The van der Waals surface area contributed by atoms with E-state index >= 15 is 0 Å². The molecule has 1 amide bonds. The molecule has 184 valence electrons. The number of piperazine rings is 1. The summed E-state index contributed by atoms with van der Waals surface area (Å²) in [5.41, 5.74) is 3.44. The van der Waals surface area contributed by atoms with Gasteiger partial charge in [-0.2, -0.15) is 0 Å². The van der Waals surface area contributed by atoms with Gasteiger partial charge in [0.25, 0.3) is 5.91 Å². The Morgan fingerprint density at radius 1 is 1.03 bits per heavy atom. The molecule has 0 atom stereocenters. The van der Waals surface area contributed by atoms with Gasteiger partial charge in [0.2, 0.25) is 0 Å². The second-order valence-corrected chi connectivity index (χ2v) is 9.84. The van der Waals surface area contributed by atoms with Crippen LogP contribution >= 0.6 is 11.8 Å². The number of hydrogen-bond donors (Lipinski definition) is 1. The number of carbonyl (C=O) groups excluding carboxylic acids is 1. The molecule has 6 nitrogen and oxygen atoms in total. The molecule has 0 radical (unpaired) electrons. The van der Waals surface area contributed by atoms with Gasteiger partial charge < -0.3 is 15.1 Å². The molecule has 1 aliphatic rings. The van der Waals surface area contributed by atoms with Crippen molar-refractivity contribution in [1.82, 2.24) is 15.3 Å². The summed E-state index contributed by atoms with van der Waals surface area (Å²) in [5.74, 6) is 1.41. The van der Waals surface area contributed by atoms with E-state index in [1.165, 1.54) is 6.07 Å². The van der Waals surface area contributed by atoms with Crippen LogP contribution in [0.25, 0.3) is 0 Å². The lowest BCUT2D eigenvalue weighted by Gasteiger charge is -2.37. The number of anilines is 2. The summed E-state index contributed by atoms with van der Waals surface area (Å²) in [4.78, 5) is 26.1. The third kappa shape index (κ3) is 6.51. The molecule has 1 fully saturated rings. The van der Waals surface area contributed by atoms with Gasteiger partial charge >= 0.3 is 0 Å². The molecular weight excluding hydrogens is 461 g/mol. The second kappa shape index (κ2) is 11.5. The number of rotatable bonds is 8. The van der Waals surface area contributed by atoms with E-state index in [1.807, 2.05) is 50.2 Å². The first-order valence-corrected chi connectivity index (χ1v) is 13.1.